The Morgan fingerprint density at radius 3 is 0.686 bits per heavy atom. The fourth-order valence-electron chi connectivity index (χ4n) is 10.2. The molecule has 0 saturated heterocycles. The third kappa shape index (κ3) is 7.70. The molecule has 332 valence electrons. The van der Waals surface area contributed by atoms with Crippen molar-refractivity contribution < 1.29 is 17.6 Å². The van der Waals surface area contributed by atoms with Crippen LogP contribution in [0.1, 0.15) is 0 Å². The van der Waals surface area contributed by atoms with E-state index in [1.54, 1.807) is 24.3 Å². The molecule has 0 fully saturated rings. The highest BCUT2D eigenvalue weighted by atomic mass is 19.1. The van der Waals surface area contributed by atoms with Gasteiger partial charge in [-0.1, -0.05) is 182 Å². The number of rotatable bonds is 8. The fourth-order valence-corrected chi connectivity index (χ4v) is 10.2. The molecule has 0 atom stereocenters. The molecule has 0 N–H and O–H groups in total. The second-order valence-corrected chi connectivity index (χ2v) is 17.7. The molecule has 0 heterocycles. The molecule has 70 heavy (non-hydrogen) atoms. The van der Waals surface area contributed by atoms with Gasteiger partial charge in [0.05, 0.1) is 0 Å². The lowest BCUT2D eigenvalue weighted by molar-refractivity contribution is 0.627. The smallest absolute Gasteiger partial charge is 0.123 e. The Morgan fingerprint density at radius 1 is 0.171 bits per heavy atom. The largest absolute Gasteiger partial charge is 0.207 e. The van der Waals surface area contributed by atoms with Crippen LogP contribution in [0.4, 0.5) is 17.6 Å². The molecule has 0 nitrogen and oxygen atoms in total. The molecule has 0 amide bonds. The van der Waals surface area contributed by atoms with Crippen molar-refractivity contribution >= 4 is 32.3 Å². The molecule has 12 rings (SSSR count). The first kappa shape index (κ1) is 42.5. The van der Waals surface area contributed by atoms with Gasteiger partial charge in [0.2, 0.25) is 0 Å². The molecule has 12 aromatic rings. The van der Waals surface area contributed by atoms with E-state index >= 15 is 0 Å². The summed E-state index contributed by atoms with van der Waals surface area (Å²) in [6.07, 6.45) is 0. The van der Waals surface area contributed by atoms with Crippen LogP contribution in [0.3, 0.4) is 0 Å². The summed E-state index contributed by atoms with van der Waals surface area (Å²) >= 11 is 0. The molecule has 0 radical (unpaired) electrons. The molecule has 0 aliphatic carbocycles. The van der Waals surface area contributed by atoms with Crippen LogP contribution in [0, 0.1) is 23.3 Å². The molecule has 0 aromatic heterocycles. The highest BCUT2D eigenvalue weighted by molar-refractivity contribution is 6.34. The van der Waals surface area contributed by atoms with E-state index in [9.17, 15) is 17.6 Å². The van der Waals surface area contributed by atoms with Crippen molar-refractivity contribution in [2.24, 2.45) is 0 Å². The van der Waals surface area contributed by atoms with Crippen LogP contribution in [-0.4, -0.2) is 0 Å². The van der Waals surface area contributed by atoms with E-state index in [4.69, 9.17) is 0 Å². The first-order chi connectivity index (χ1) is 34.3. The van der Waals surface area contributed by atoms with Gasteiger partial charge in [-0.25, -0.2) is 17.6 Å². The van der Waals surface area contributed by atoms with E-state index in [1.807, 2.05) is 36.4 Å². The van der Waals surface area contributed by atoms with E-state index in [-0.39, 0.29) is 23.3 Å². The molecule has 4 heteroatoms. The zero-order valence-corrected chi connectivity index (χ0v) is 37.6. The predicted molar refractivity (Wildman–Crippen MR) is 282 cm³/mol. The van der Waals surface area contributed by atoms with Crippen LogP contribution < -0.4 is 0 Å². The van der Waals surface area contributed by atoms with Gasteiger partial charge >= 0.3 is 0 Å². The summed E-state index contributed by atoms with van der Waals surface area (Å²) < 4.78 is 57.2. The van der Waals surface area contributed by atoms with Crippen molar-refractivity contribution in [2.75, 3.05) is 0 Å². The Hall–Kier alpha value is -8.86. The predicted octanol–water partition coefficient (Wildman–Crippen LogP) is 19.0. The third-order valence-electron chi connectivity index (χ3n) is 13.5. The maximum Gasteiger partial charge on any atom is 0.123 e. The molecule has 0 spiro atoms. The van der Waals surface area contributed by atoms with Crippen molar-refractivity contribution in [2.45, 2.75) is 0 Å². The molecule has 12 aromatic carbocycles. The molecule has 0 aliphatic heterocycles. The molecule has 0 bridgehead atoms. The Morgan fingerprint density at radius 2 is 0.386 bits per heavy atom. The summed E-state index contributed by atoms with van der Waals surface area (Å²) in [5.41, 5.74) is 15.5. The topological polar surface area (TPSA) is 0 Å². The fraction of sp³-hybridized carbons (Fsp3) is 0. The Bertz CT molecular complexity index is 3620. The maximum atomic E-state index is 14.4. The normalized spacial score (nSPS) is 11.4. The number of halogens is 4. The zero-order valence-electron chi connectivity index (χ0n) is 37.6. The lowest BCUT2D eigenvalue weighted by Gasteiger charge is -2.26. The highest BCUT2D eigenvalue weighted by Crippen LogP contribution is 2.54. The zero-order chi connectivity index (χ0) is 47.3. The summed E-state index contributed by atoms with van der Waals surface area (Å²) in [5.74, 6) is -1.18. The van der Waals surface area contributed by atoms with Crippen LogP contribution in [0.25, 0.3) is 121 Å². The summed E-state index contributed by atoms with van der Waals surface area (Å²) in [6.45, 7) is 0. The van der Waals surface area contributed by atoms with E-state index < -0.39 is 0 Å². The Balaban J connectivity index is 1.29. The van der Waals surface area contributed by atoms with Gasteiger partial charge in [-0.3, -0.25) is 0 Å². The van der Waals surface area contributed by atoms with E-state index in [0.717, 1.165) is 121 Å². The minimum absolute atomic E-state index is 0.291. The lowest BCUT2D eigenvalue weighted by atomic mass is 9.76. The molecular formula is C66H40F4. The molecule has 0 unspecified atom stereocenters. The van der Waals surface area contributed by atoms with Crippen molar-refractivity contribution in [3.8, 4) is 89.0 Å². The number of hydrogen-bond donors (Lipinski definition) is 0. The average molecular weight is 909 g/mol. The van der Waals surface area contributed by atoms with E-state index in [0.29, 0.717) is 0 Å². The van der Waals surface area contributed by atoms with Crippen LogP contribution in [0.5, 0.6) is 0 Å². The van der Waals surface area contributed by atoms with Crippen molar-refractivity contribution in [1.82, 2.24) is 0 Å². The van der Waals surface area contributed by atoms with Gasteiger partial charge in [0, 0.05) is 0 Å². The van der Waals surface area contributed by atoms with Gasteiger partial charge in [-0.05, 0) is 182 Å². The minimum Gasteiger partial charge on any atom is -0.207 e. The summed E-state index contributed by atoms with van der Waals surface area (Å²) in [7, 11) is 0. The van der Waals surface area contributed by atoms with Gasteiger partial charge in [-0.2, -0.15) is 0 Å². The standard InChI is InChI=1S/C66H40F4/c67-53-29-19-43(20-30-53)41-11-15-49(16-12-41)61-58-38-28-52(46-25-35-56(70)36-26-46)40-60(58)64(48-9-5-2-6-10-48)66-62(50-17-13-42(14-18-50)44-21-31-54(68)32-22-44)57-37-27-51(45-23-33-55(69)34-24-45)39-59(57)63(65(61)66)47-7-3-1-4-8-47/h1-40H. The maximum absolute atomic E-state index is 14.4. The van der Waals surface area contributed by atoms with E-state index in [2.05, 4.69) is 133 Å². The summed E-state index contributed by atoms with van der Waals surface area (Å²) in [6, 6.07) is 77.6. The molecule has 0 aliphatic rings. The number of hydrogen-bond acceptors (Lipinski definition) is 0. The van der Waals surface area contributed by atoms with Crippen molar-refractivity contribution in [3.05, 3.63) is 266 Å². The Labute approximate surface area is 403 Å². The number of benzene rings is 12. The van der Waals surface area contributed by atoms with Crippen LogP contribution >= 0.6 is 0 Å². The molecular weight excluding hydrogens is 869 g/mol. The van der Waals surface area contributed by atoms with Gasteiger partial charge in [0.15, 0.2) is 0 Å². The second kappa shape index (κ2) is 17.7. The lowest BCUT2D eigenvalue weighted by Crippen LogP contribution is -1.98. The third-order valence-corrected chi connectivity index (χ3v) is 13.5. The van der Waals surface area contributed by atoms with Gasteiger partial charge < -0.3 is 0 Å². The summed E-state index contributed by atoms with van der Waals surface area (Å²) in [5, 5.41) is 6.17. The van der Waals surface area contributed by atoms with Crippen LogP contribution in [0.15, 0.2) is 243 Å². The van der Waals surface area contributed by atoms with Crippen molar-refractivity contribution in [1.29, 1.82) is 0 Å². The van der Waals surface area contributed by atoms with Crippen LogP contribution in [-0.2, 0) is 0 Å². The monoisotopic (exact) mass is 908 g/mol. The average Bonchev–Trinajstić information content (AvgIpc) is 3.41. The van der Waals surface area contributed by atoms with Gasteiger partial charge in [0.25, 0.3) is 0 Å². The second-order valence-electron chi connectivity index (χ2n) is 17.7. The minimum atomic E-state index is -0.301. The highest BCUT2D eigenvalue weighted by Gasteiger charge is 2.27. The SMILES string of the molecule is Fc1ccc(-c2ccc(-c3c4ccc(-c5ccc(F)cc5)cc4c(-c4ccccc4)c4c(-c5ccc(-c6ccc(F)cc6)cc5)c5ccc(-c6ccc(F)cc6)cc5c(-c5ccccc5)c34)cc2)cc1. The Kier molecular flexibility index (Phi) is 10.7. The quantitative estimate of drug-likeness (QED) is 0.105. The first-order valence-electron chi connectivity index (χ1n) is 23.2. The first-order valence-corrected chi connectivity index (χ1v) is 23.2. The van der Waals surface area contributed by atoms with Gasteiger partial charge in [-0.15, -0.1) is 0 Å². The summed E-state index contributed by atoms with van der Waals surface area (Å²) in [4.78, 5) is 0. The number of fused-ring (bicyclic) bond motifs is 3. The van der Waals surface area contributed by atoms with E-state index in [1.165, 1.54) is 48.5 Å². The molecule has 0 saturated carbocycles. The van der Waals surface area contributed by atoms with Crippen molar-refractivity contribution in [3.63, 3.8) is 0 Å². The van der Waals surface area contributed by atoms with Crippen LogP contribution in [0.2, 0.25) is 0 Å². The van der Waals surface area contributed by atoms with Gasteiger partial charge in [0.1, 0.15) is 23.3 Å².